The minimum absolute atomic E-state index is 0.234. The van der Waals surface area contributed by atoms with Crippen molar-refractivity contribution >= 4 is 20.9 Å². The molecule has 1 atom stereocenters. The van der Waals surface area contributed by atoms with Crippen molar-refractivity contribution in [3.63, 3.8) is 0 Å². The lowest BCUT2D eigenvalue weighted by Crippen LogP contribution is -2.40. The molecule has 1 fully saturated rings. The maximum Gasteiger partial charge on any atom is 0.417 e. The van der Waals surface area contributed by atoms with Crippen molar-refractivity contribution in [3.05, 3.63) is 59.5 Å². The summed E-state index contributed by atoms with van der Waals surface area (Å²) in [4.78, 5) is 0. The van der Waals surface area contributed by atoms with Crippen LogP contribution in [-0.4, -0.2) is 24.9 Å². The Morgan fingerprint density at radius 1 is 1.08 bits per heavy atom. The first-order valence-electron chi connectivity index (χ1n) is 11.8. The van der Waals surface area contributed by atoms with E-state index in [4.69, 9.17) is 0 Å². The highest BCUT2D eigenvalue weighted by molar-refractivity contribution is 7.90. The molecule has 1 aliphatic carbocycles. The van der Waals surface area contributed by atoms with Gasteiger partial charge in [0.05, 0.1) is 16.9 Å². The van der Waals surface area contributed by atoms with Crippen molar-refractivity contribution < 1.29 is 30.4 Å². The summed E-state index contributed by atoms with van der Waals surface area (Å²) < 4.78 is 100. The van der Waals surface area contributed by atoms with Gasteiger partial charge in [-0.25, -0.2) is 21.9 Å². The molecule has 0 spiro atoms. The zero-order chi connectivity index (χ0) is 26.5. The SMILES string of the molecule is CC(C)(C)Cn1cc(C(CF)NS(=O)(=O)C2CCC2)c2cc(F)c(-c3ccccc3C(F)(F)F)cc21. The van der Waals surface area contributed by atoms with Gasteiger partial charge in [-0.05, 0) is 47.6 Å². The minimum atomic E-state index is -4.68. The van der Waals surface area contributed by atoms with Crippen molar-refractivity contribution in [1.29, 1.82) is 0 Å². The Morgan fingerprint density at radius 2 is 1.75 bits per heavy atom. The van der Waals surface area contributed by atoms with Crippen LogP contribution in [0.4, 0.5) is 22.0 Å². The van der Waals surface area contributed by atoms with E-state index in [9.17, 15) is 26.0 Å². The molecule has 1 aliphatic rings. The maximum absolute atomic E-state index is 15.4. The van der Waals surface area contributed by atoms with Crippen LogP contribution >= 0.6 is 0 Å². The van der Waals surface area contributed by atoms with Gasteiger partial charge in [-0.3, -0.25) is 0 Å². The summed E-state index contributed by atoms with van der Waals surface area (Å²) in [7, 11) is -3.78. The van der Waals surface area contributed by atoms with Crippen LogP contribution in [0, 0.1) is 11.2 Å². The number of halogens is 5. The summed E-state index contributed by atoms with van der Waals surface area (Å²) in [5.41, 5.74) is -1.14. The van der Waals surface area contributed by atoms with Crippen LogP contribution in [0.5, 0.6) is 0 Å². The van der Waals surface area contributed by atoms with Crippen LogP contribution in [0.15, 0.2) is 42.6 Å². The van der Waals surface area contributed by atoms with Gasteiger partial charge in [0.25, 0.3) is 0 Å². The van der Waals surface area contributed by atoms with Gasteiger partial charge < -0.3 is 4.57 Å². The van der Waals surface area contributed by atoms with E-state index in [1.807, 2.05) is 20.8 Å². The molecule has 36 heavy (non-hydrogen) atoms. The van der Waals surface area contributed by atoms with Gasteiger partial charge in [-0.2, -0.15) is 13.2 Å². The molecular formula is C26H29F5N2O2S. The van der Waals surface area contributed by atoms with Crippen molar-refractivity contribution in [2.45, 2.75) is 64.0 Å². The number of alkyl halides is 4. The van der Waals surface area contributed by atoms with Gasteiger partial charge in [-0.15, -0.1) is 0 Å². The molecule has 0 radical (unpaired) electrons. The number of benzene rings is 2. The Morgan fingerprint density at radius 3 is 2.31 bits per heavy atom. The van der Waals surface area contributed by atoms with Crippen molar-refractivity contribution in [3.8, 4) is 11.1 Å². The van der Waals surface area contributed by atoms with Crippen LogP contribution in [0.25, 0.3) is 22.0 Å². The van der Waals surface area contributed by atoms with E-state index in [0.29, 0.717) is 24.9 Å². The average Bonchev–Trinajstić information content (AvgIpc) is 3.04. The fraction of sp³-hybridized carbons (Fsp3) is 0.462. The molecule has 1 heterocycles. The highest BCUT2D eigenvalue weighted by atomic mass is 32.2. The molecule has 3 aromatic rings. The van der Waals surface area contributed by atoms with Gasteiger partial charge in [-0.1, -0.05) is 45.4 Å². The summed E-state index contributed by atoms with van der Waals surface area (Å²) in [6.07, 6.45) is -1.34. The summed E-state index contributed by atoms with van der Waals surface area (Å²) in [6.45, 7) is 5.19. The molecule has 1 unspecified atom stereocenters. The lowest BCUT2D eigenvalue weighted by Gasteiger charge is -2.27. The highest BCUT2D eigenvalue weighted by Gasteiger charge is 2.36. The molecule has 1 aromatic heterocycles. The number of nitrogens with zero attached hydrogens (tertiary/aromatic N) is 1. The molecular weight excluding hydrogens is 499 g/mol. The largest absolute Gasteiger partial charge is 0.417 e. The molecule has 196 valence electrons. The summed E-state index contributed by atoms with van der Waals surface area (Å²) >= 11 is 0. The molecule has 1 N–H and O–H groups in total. The fourth-order valence-corrected chi connectivity index (χ4v) is 6.32. The number of fused-ring (bicyclic) bond motifs is 1. The van der Waals surface area contributed by atoms with Crippen LogP contribution in [-0.2, 0) is 22.7 Å². The van der Waals surface area contributed by atoms with Gasteiger partial charge in [0.1, 0.15) is 12.5 Å². The molecule has 0 saturated heterocycles. The quantitative estimate of drug-likeness (QED) is 0.336. The van der Waals surface area contributed by atoms with E-state index in [2.05, 4.69) is 4.72 Å². The molecule has 10 heteroatoms. The fourth-order valence-electron chi connectivity index (χ4n) is 4.58. The Kier molecular flexibility index (Phi) is 6.98. The van der Waals surface area contributed by atoms with Gasteiger partial charge in [0.15, 0.2) is 0 Å². The van der Waals surface area contributed by atoms with E-state index in [-0.39, 0.29) is 27.5 Å². The van der Waals surface area contributed by atoms with Crippen LogP contribution in [0.1, 0.15) is 57.2 Å². The molecule has 2 aromatic carbocycles. The minimum Gasteiger partial charge on any atom is -0.347 e. The number of aromatic nitrogens is 1. The number of rotatable bonds is 7. The van der Waals surface area contributed by atoms with Crippen LogP contribution < -0.4 is 4.72 Å². The third kappa shape index (κ3) is 5.29. The van der Waals surface area contributed by atoms with Gasteiger partial charge in [0.2, 0.25) is 10.0 Å². The molecule has 0 aliphatic heterocycles. The standard InChI is InChI=1S/C26H29F5N2O2S/c1-25(2,3)15-33-14-20(23(13-27)32-36(34,35)16-7-6-8-16)19-11-22(28)18(12-24(19)33)17-9-4-5-10-21(17)26(29,30)31/h4-5,9-12,14,16,23,32H,6-8,13,15H2,1-3H3. The van der Waals surface area contributed by atoms with E-state index >= 15 is 4.39 Å². The van der Waals surface area contributed by atoms with E-state index in [1.54, 1.807) is 10.8 Å². The molecule has 0 amide bonds. The molecule has 4 rings (SSSR count). The average molecular weight is 529 g/mol. The molecule has 4 nitrogen and oxygen atoms in total. The molecule has 0 bridgehead atoms. The van der Waals surface area contributed by atoms with Crippen LogP contribution in [0.2, 0.25) is 0 Å². The van der Waals surface area contributed by atoms with Gasteiger partial charge in [0, 0.05) is 29.2 Å². The van der Waals surface area contributed by atoms with E-state index in [1.165, 1.54) is 24.3 Å². The molecule has 1 saturated carbocycles. The Bertz CT molecular complexity index is 1370. The van der Waals surface area contributed by atoms with E-state index in [0.717, 1.165) is 18.6 Å². The zero-order valence-corrected chi connectivity index (χ0v) is 21.1. The number of sulfonamides is 1. The third-order valence-electron chi connectivity index (χ3n) is 6.50. The normalized spacial score (nSPS) is 16.3. The Hall–Kier alpha value is -2.46. The summed E-state index contributed by atoms with van der Waals surface area (Å²) in [5.74, 6) is -0.909. The van der Waals surface area contributed by atoms with Crippen molar-refractivity contribution in [1.82, 2.24) is 9.29 Å². The van der Waals surface area contributed by atoms with Crippen molar-refractivity contribution in [2.75, 3.05) is 6.67 Å². The third-order valence-corrected chi connectivity index (χ3v) is 8.46. The second-order valence-corrected chi connectivity index (χ2v) is 12.6. The monoisotopic (exact) mass is 528 g/mol. The van der Waals surface area contributed by atoms with Crippen LogP contribution in [0.3, 0.4) is 0 Å². The predicted octanol–water partition coefficient (Wildman–Crippen LogP) is 6.99. The lowest BCUT2D eigenvalue weighted by molar-refractivity contribution is -0.137. The first-order chi connectivity index (χ1) is 16.7. The number of nitrogens with one attached hydrogen (secondary N) is 1. The van der Waals surface area contributed by atoms with Gasteiger partial charge >= 0.3 is 6.18 Å². The predicted molar refractivity (Wildman–Crippen MR) is 130 cm³/mol. The first-order valence-corrected chi connectivity index (χ1v) is 13.3. The smallest absolute Gasteiger partial charge is 0.347 e. The Balaban J connectivity index is 1.89. The second-order valence-electron chi connectivity index (χ2n) is 10.6. The summed E-state index contributed by atoms with van der Waals surface area (Å²) in [5, 5.41) is -0.333. The summed E-state index contributed by atoms with van der Waals surface area (Å²) in [6, 6.07) is 5.92. The topological polar surface area (TPSA) is 51.1 Å². The maximum atomic E-state index is 15.4. The van der Waals surface area contributed by atoms with E-state index < -0.39 is 45.5 Å². The number of hydrogen-bond donors (Lipinski definition) is 1. The lowest BCUT2D eigenvalue weighted by atomic mass is 9.96. The zero-order valence-electron chi connectivity index (χ0n) is 20.3. The van der Waals surface area contributed by atoms with Crippen molar-refractivity contribution in [2.24, 2.45) is 5.41 Å². The number of hydrogen-bond acceptors (Lipinski definition) is 2. The first kappa shape index (κ1) is 26.6. The highest BCUT2D eigenvalue weighted by Crippen LogP contribution is 2.40. The second kappa shape index (κ2) is 9.45. The Labute approximate surface area is 207 Å².